The Morgan fingerprint density at radius 1 is 0.956 bits per heavy atom. The summed E-state index contributed by atoms with van der Waals surface area (Å²) < 4.78 is 6.24. The van der Waals surface area contributed by atoms with E-state index in [2.05, 4.69) is 46.2 Å². The van der Waals surface area contributed by atoms with Gasteiger partial charge in [0.05, 0.1) is 35.2 Å². The van der Waals surface area contributed by atoms with E-state index in [0.29, 0.717) is 23.5 Å². The molecule has 0 bridgehead atoms. The van der Waals surface area contributed by atoms with Crippen LogP contribution < -0.4 is 26.0 Å². The van der Waals surface area contributed by atoms with Gasteiger partial charge in [0.25, 0.3) is 0 Å². The van der Waals surface area contributed by atoms with E-state index in [1.807, 2.05) is 93.9 Å². The van der Waals surface area contributed by atoms with Crippen molar-refractivity contribution >= 4 is 57.3 Å². The lowest BCUT2D eigenvalue weighted by Crippen LogP contribution is -2.59. The number of likely N-dealkylation sites (tertiary alicyclic amines) is 1. The molecule has 3 saturated carbocycles. The van der Waals surface area contributed by atoms with Crippen molar-refractivity contribution in [2.24, 2.45) is 39.9 Å². The Balaban J connectivity index is 0.800. The summed E-state index contributed by atoms with van der Waals surface area (Å²) in [6.45, 7) is 12.5. The number of carbonyl (C=O) groups excluding carboxylic acids is 5. The summed E-state index contributed by atoms with van der Waals surface area (Å²) in [6, 6.07) is 17.7. The molecule has 3 aromatic carbocycles. The number of ether oxygens (including phenoxy) is 1. The van der Waals surface area contributed by atoms with Crippen LogP contribution in [0.1, 0.15) is 97.2 Å². The number of aliphatic hydroxyl groups is 1. The molecule has 4 fully saturated rings. The third kappa shape index (κ3) is 9.06. The van der Waals surface area contributed by atoms with E-state index in [1.165, 1.54) is 4.90 Å². The molecule has 0 spiro atoms. The zero-order valence-electron chi connectivity index (χ0n) is 40.1. The molecule has 14 heteroatoms. The van der Waals surface area contributed by atoms with Crippen molar-refractivity contribution in [1.29, 1.82) is 0 Å². The predicted octanol–water partition coefficient (Wildman–Crippen LogP) is 7.70. The molecule has 9 rings (SSSR count). The van der Waals surface area contributed by atoms with Gasteiger partial charge >= 0.3 is 0 Å². The van der Waals surface area contributed by atoms with Gasteiger partial charge in [-0.15, -0.1) is 11.3 Å². The van der Waals surface area contributed by atoms with Crippen LogP contribution in [-0.4, -0.2) is 81.9 Å². The van der Waals surface area contributed by atoms with Crippen LogP contribution in [-0.2, 0) is 30.5 Å². The van der Waals surface area contributed by atoms with Crippen molar-refractivity contribution < 1.29 is 33.8 Å². The summed E-state index contributed by atoms with van der Waals surface area (Å²) in [7, 11) is 0. The summed E-state index contributed by atoms with van der Waals surface area (Å²) >= 11 is 1.58. The zero-order valence-corrected chi connectivity index (χ0v) is 40.9. The van der Waals surface area contributed by atoms with Crippen molar-refractivity contribution in [3.05, 3.63) is 89.6 Å². The first-order valence-corrected chi connectivity index (χ1v) is 25.3. The second-order valence-corrected chi connectivity index (χ2v) is 22.4. The Bertz CT molecular complexity index is 2620. The van der Waals surface area contributed by atoms with Gasteiger partial charge in [-0.05, 0) is 103 Å². The highest BCUT2D eigenvalue weighted by atomic mass is 32.1. The minimum absolute atomic E-state index is 0.00993. The van der Waals surface area contributed by atoms with E-state index >= 15 is 0 Å². The van der Waals surface area contributed by atoms with Gasteiger partial charge in [0.2, 0.25) is 29.5 Å². The lowest BCUT2D eigenvalue weighted by molar-refractivity contribution is -0.144. The third-order valence-electron chi connectivity index (χ3n) is 16.4. The maximum Gasteiger partial charge on any atom is 0.246 e. The number of aliphatic hydroxyl groups excluding tert-OH is 1. The standard InChI is InChI=1S/C54H66N6O7S/c1-31-47(68-30-56-31)33-15-13-32(14-16-33)28-55-50(65)42-27-34(61)29-60(42)51(66)48(52(2,3)4)59-46(63)23-26-67-43-12-8-9-35-36(43)10-7-11-41(35)57-49(64)40-19-18-38-37-17-20-44-54(6,25-22-45(62)58-44)39(37)21-24-53(38,40)5/h7-16,22,25,30,34,37-40,42,44,48,61H,17-21,23-24,26-29H2,1-6H3,(H,55,65)(H,57,64)(H,58,62)(H,59,63)/t34-,37+,38+,39+,40-,42+,44-,48-,53+,54-/m1/s1. The molecule has 0 radical (unpaired) electrons. The van der Waals surface area contributed by atoms with Gasteiger partial charge in [0, 0.05) is 53.3 Å². The van der Waals surface area contributed by atoms with Gasteiger partial charge < -0.3 is 36.0 Å². The quantitative estimate of drug-likeness (QED) is 0.0959. The molecule has 10 atom stereocenters. The number of nitrogens with one attached hydrogen (secondary N) is 4. The van der Waals surface area contributed by atoms with Crippen LogP contribution in [0.4, 0.5) is 5.69 Å². The van der Waals surface area contributed by atoms with Crippen LogP contribution in [0.3, 0.4) is 0 Å². The number of thiazole rings is 1. The van der Waals surface area contributed by atoms with Crippen LogP contribution in [0.25, 0.3) is 21.2 Å². The molecule has 3 heterocycles. The summed E-state index contributed by atoms with van der Waals surface area (Å²) in [5.74, 6) is 0.817. The fourth-order valence-electron chi connectivity index (χ4n) is 12.8. The minimum atomic E-state index is -0.967. The van der Waals surface area contributed by atoms with Crippen molar-refractivity contribution in [2.45, 2.75) is 124 Å². The number of aryl methyl sites for hydroxylation is 1. The van der Waals surface area contributed by atoms with Gasteiger partial charge in [0.1, 0.15) is 17.8 Å². The monoisotopic (exact) mass is 942 g/mol. The molecule has 360 valence electrons. The van der Waals surface area contributed by atoms with Crippen molar-refractivity contribution in [1.82, 2.24) is 25.8 Å². The van der Waals surface area contributed by atoms with E-state index in [0.717, 1.165) is 76.7 Å². The summed E-state index contributed by atoms with van der Waals surface area (Å²) in [5, 5.41) is 24.8. The fourth-order valence-corrected chi connectivity index (χ4v) is 13.6. The summed E-state index contributed by atoms with van der Waals surface area (Å²) in [6.07, 6.45) is 9.04. The second kappa shape index (κ2) is 18.7. The average Bonchev–Trinajstić information content (AvgIpc) is 4.03. The molecule has 1 aromatic heterocycles. The van der Waals surface area contributed by atoms with E-state index in [-0.39, 0.29) is 79.0 Å². The summed E-state index contributed by atoms with van der Waals surface area (Å²) in [5.41, 5.74) is 4.58. The van der Waals surface area contributed by atoms with Crippen molar-refractivity contribution in [3.8, 4) is 16.2 Å². The number of β-amino-alcohol motifs (C(OH)–C–C–N with tert-alkyl or cyclic N) is 1. The topological polar surface area (TPSA) is 179 Å². The number of aromatic nitrogens is 1. The number of benzene rings is 3. The maximum atomic E-state index is 14.3. The van der Waals surface area contributed by atoms with Gasteiger partial charge in [-0.25, -0.2) is 4.98 Å². The first-order valence-electron chi connectivity index (χ1n) is 24.4. The van der Waals surface area contributed by atoms with E-state index in [9.17, 15) is 29.1 Å². The Labute approximate surface area is 403 Å². The molecule has 13 nitrogen and oxygen atoms in total. The number of nitrogens with zero attached hydrogens (tertiary/aromatic N) is 2. The third-order valence-corrected chi connectivity index (χ3v) is 17.4. The lowest BCUT2D eigenvalue weighted by Gasteiger charge is -2.58. The second-order valence-electron chi connectivity index (χ2n) is 21.6. The molecule has 5 N–H and O–H groups in total. The number of hydrogen-bond donors (Lipinski definition) is 5. The molecule has 1 saturated heterocycles. The molecule has 68 heavy (non-hydrogen) atoms. The summed E-state index contributed by atoms with van der Waals surface area (Å²) in [4.78, 5) is 74.7. The average molecular weight is 943 g/mol. The van der Waals surface area contributed by atoms with Crippen molar-refractivity contribution in [3.63, 3.8) is 0 Å². The van der Waals surface area contributed by atoms with E-state index in [1.54, 1.807) is 17.4 Å². The Kier molecular flexibility index (Phi) is 13.1. The van der Waals surface area contributed by atoms with E-state index in [4.69, 9.17) is 4.74 Å². The Morgan fingerprint density at radius 2 is 1.72 bits per heavy atom. The highest BCUT2D eigenvalue weighted by Crippen LogP contribution is 2.65. The van der Waals surface area contributed by atoms with Gasteiger partial charge in [-0.3, -0.25) is 24.0 Å². The Morgan fingerprint density at radius 3 is 2.47 bits per heavy atom. The van der Waals surface area contributed by atoms with Gasteiger partial charge in [0.15, 0.2) is 0 Å². The molecule has 4 aromatic rings. The first kappa shape index (κ1) is 47.5. The number of hydrogen-bond acceptors (Lipinski definition) is 9. The molecular weight excluding hydrogens is 877 g/mol. The van der Waals surface area contributed by atoms with E-state index < -0.39 is 29.5 Å². The smallest absolute Gasteiger partial charge is 0.246 e. The number of rotatable bonds is 12. The SMILES string of the molecule is Cc1ncsc1-c1ccc(CNC(=O)[C@@H]2C[C@@H](O)CN2C(=O)[C@@H](NC(=O)CCOc2cccc3c(NC(=O)[C@H]4CC[C@H]5[C@@H]6CC[C@H]7NC(=O)C=C[C@]7(C)[C@H]6CC[C@]45C)cccc23)C(C)(C)C)cc1. The molecular formula is C54H66N6O7S. The van der Waals surface area contributed by atoms with Crippen LogP contribution in [0.2, 0.25) is 0 Å². The van der Waals surface area contributed by atoms with Crippen LogP contribution in [0.5, 0.6) is 5.75 Å². The highest BCUT2D eigenvalue weighted by Gasteiger charge is 2.61. The minimum Gasteiger partial charge on any atom is -0.492 e. The number of fused-ring (bicyclic) bond motifs is 6. The molecule has 2 aliphatic heterocycles. The largest absolute Gasteiger partial charge is 0.492 e. The lowest BCUT2D eigenvalue weighted by atomic mass is 9.48. The normalized spacial score (nSPS) is 29.0. The van der Waals surface area contributed by atoms with Crippen LogP contribution in [0.15, 0.2) is 78.3 Å². The van der Waals surface area contributed by atoms with Gasteiger partial charge in [-0.2, -0.15) is 0 Å². The molecule has 5 amide bonds. The first-order chi connectivity index (χ1) is 32.4. The highest BCUT2D eigenvalue weighted by molar-refractivity contribution is 7.13. The number of anilines is 1. The number of carbonyl (C=O) groups is 5. The maximum absolute atomic E-state index is 14.3. The zero-order chi connectivity index (χ0) is 48.1. The number of amides is 5. The fraction of sp³-hybridized carbons (Fsp3) is 0.519. The Hall–Kier alpha value is -5.60. The molecule has 5 aliphatic rings. The van der Waals surface area contributed by atoms with Gasteiger partial charge in [-0.1, -0.05) is 89.2 Å². The van der Waals surface area contributed by atoms with Crippen LogP contribution in [0, 0.1) is 46.8 Å². The van der Waals surface area contributed by atoms with Crippen molar-refractivity contribution in [2.75, 3.05) is 18.5 Å². The van der Waals surface area contributed by atoms with Crippen LogP contribution >= 0.6 is 11.3 Å². The molecule has 0 unspecified atom stereocenters. The predicted molar refractivity (Wildman–Crippen MR) is 263 cm³/mol. The molecule has 3 aliphatic carbocycles.